The topological polar surface area (TPSA) is 66.5 Å². The van der Waals surface area contributed by atoms with E-state index in [1.807, 2.05) is 6.07 Å². The van der Waals surface area contributed by atoms with Gasteiger partial charge in [-0.1, -0.05) is 12.1 Å². The summed E-state index contributed by atoms with van der Waals surface area (Å²) in [5.74, 6) is 0.249. The summed E-state index contributed by atoms with van der Waals surface area (Å²) in [5.41, 5.74) is 1.33. The number of amides is 1. The van der Waals surface area contributed by atoms with Crippen molar-refractivity contribution < 1.29 is 13.9 Å². The molecule has 5 nitrogen and oxygen atoms in total. The quantitative estimate of drug-likeness (QED) is 0.835. The lowest BCUT2D eigenvalue weighted by Crippen LogP contribution is -2.30. The Balaban J connectivity index is 1.90. The van der Waals surface area contributed by atoms with Gasteiger partial charge in [0.1, 0.15) is 11.8 Å². The Morgan fingerprint density at radius 3 is 2.90 bits per heavy atom. The van der Waals surface area contributed by atoms with Crippen molar-refractivity contribution in [3.8, 4) is 11.8 Å². The highest BCUT2D eigenvalue weighted by Gasteiger charge is 2.12. The smallest absolute Gasteiger partial charge is 0.260 e. The predicted octanol–water partition coefficient (Wildman–Crippen LogP) is 2.19. The number of nitriles is 1. The van der Waals surface area contributed by atoms with Crippen molar-refractivity contribution in [3.63, 3.8) is 0 Å². The first-order valence-corrected chi connectivity index (χ1v) is 6.07. The summed E-state index contributed by atoms with van der Waals surface area (Å²) in [4.78, 5) is 13.5. The van der Waals surface area contributed by atoms with Gasteiger partial charge in [0.05, 0.1) is 18.1 Å². The van der Waals surface area contributed by atoms with Crippen LogP contribution in [0, 0.1) is 11.3 Å². The van der Waals surface area contributed by atoms with Gasteiger partial charge < -0.3 is 14.1 Å². The van der Waals surface area contributed by atoms with E-state index < -0.39 is 0 Å². The number of hydrogen-bond donors (Lipinski definition) is 0. The zero-order chi connectivity index (χ0) is 14.4. The summed E-state index contributed by atoms with van der Waals surface area (Å²) in [5, 5.41) is 8.93. The molecule has 1 heterocycles. The third kappa shape index (κ3) is 3.39. The molecule has 0 bridgehead atoms. The van der Waals surface area contributed by atoms with Gasteiger partial charge in [-0.05, 0) is 18.2 Å². The number of furan rings is 1. The minimum Gasteiger partial charge on any atom is -0.482 e. The van der Waals surface area contributed by atoms with Crippen LogP contribution in [0.3, 0.4) is 0 Å². The van der Waals surface area contributed by atoms with Crippen LogP contribution in [0.25, 0.3) is 0 Å². The number of hydrogen-bond acceptors (Lipinski definition) is 4. The molecule has 0 atom stereocenters. The van der Waals surface area contributed by atoms with Crippen molar-refractivity contribution in [2.45, 2.75) is 6.54 Å². The minimum atomic E-state index is -0.168. The lowest BCUT2D eigenvalue weighted by atomic mass is 10.2. The molecule has 0 aliphatic carbocycles. The van der Waals surface area contributed by atoms with Crippen molar-refractivity contribution in [3.05, 3.63) is 54.0 Å². The van der Waals surface area contributed by atoms with E-state index in [2.05, 4.69) is 0 Å². The zero-order valence-electron chi connectivity index (χ0n) is 11.1. The number of benzene rings is 1. The fourth-order valence-corrected chi connectivity index (χ4v) is 1.68. The third-order valence-electron chi connectivity index (χ3n) is 2.78. The molecule has 1 aromatic carbocycles. The Labute approximate surface area is 117 Å². The molecule has 0 saturated carbocycles. The number of rotatable bonds is 5. The summed E-state index contributed by atoms with van der Waals surface area (Å²) in [6.07, 6.45) is 3.16. The van der Waals surface area contributed by atoms with E-state index in [0.29, 0.717) is 17.9 Å². The van der Waals surface area contributed by atoms with Crippen LogP contribution in [0.2, 0.25) is 0 Å². The molecule has 0 radical (unpaired) electrons. The molecule has 2 rings (SSSR count). The van der Waals surface area contributed by atoms with Crippen LogP contribution in [-0.2, 0) is 11.3 Å². The second-order valence-electron chi connectivity index (χ2n) is 4.28. The lowest BCUT2D eigenvalue weighted by molar-refractivity contribution is -0.132. The monoisotopic (exact) mass is 270 g/mol. The lowest BCUT2D eigenvalue weighted by Gasteiger charge is -2.16. The molecule has 0 aliphatic rings. The highest BCUT2D eigenvalue weighted by Crippen LogP contribution is 2.16. The fraction of sp³-hybridized carbons (Fsp3) is 0.200. The normalized spacial score (nSPS) is 9.80. The first kappa shape index (κ1) is 13.7. The standard InChI is InChI=1S/C15H14N2O3/c1-17(9-12-6-7-19-10-12)15(18)11-20-14-5-3-2-4-13(14)8-16/h2-7,10H,9,11H2,1H3. The molecular weight excluding hydrogens is 256 g/mol. The summed E-state index contributed by atoms with van der Waals surface area (Å²) < 4.78 is 10.3. The molecule has 20 heavy (non-hydrogen) atoms. The Bertz CT molecular complexity index is 614. The zero-order valence-corrected chi connectivity index (χ0v) is 11.1. The highest BCUT2D eigenvalue weighted by atomic mass is 16.5. The molecule has 0 saturated heterocycles. The maximum absolute atomic E-state index is 11.9. The van der Waals surface area contributed by atoms with E-state index in [1.165, 1.54) is 0 Å². The summed E-state index contributed by atoms with van der Waals surface area (Å²) in [6.45, 7) is 0.353. The van der Waals surface area contributed by atoms with Gasteiger partial charge in [0.15, 0.2) is 6.61 Å². The third-order valence-corrected chi connectivity index (χ3v) is 2.78. The second kappa shape index (κ2) is 6.43. The van der Waals surface area contributed by atoms with Crippen LogP contribution < -0.4 is 4.74 Å². The number of nitrogens with zero attached hydrogens (tertiary/aromatic N) is 2. The molecule has 2 aromatic rings. The van der Waals surface area contributed by atoms with Gasteiger partial charge in [-0.15, -0.1) is 0 Å². The summed E-state index contributed by atoms with van der Waals surface area (Å²) >= 11 is 0. The van der Waals surface area contributed by atoms with Crippen molar-refractivity contribution in [1.82, 2.24) is 4.90 Å². The molecule has 0 unspecified atom stereocenters. The van der Waals surface area contributed by atoms with Crippen LogP contribution in [-0.4, -0.2) is 24.5 Å². The van der Waals surface area contributed by atoms with Gasteiger partial charge in [-0.2, -0.15) is 5.26 Å². The van der Waals surface area contributed by atoms with Gasteiger partial charge in [-0.3, -0.25) is 4.79 Å². The maximum Gasteiger partial charge on any atom is 0.260 e. The summed E-state index contributed by atoms with van der Waals surface area (Å²) in [6, 6.07) is 10.6. The second-order valence-corrected chi connectivity index (χ2v) is 4.28. The first-order valence-electron chi connectivity index (χ1n) is 6.07. The SMILES string of the molecule is CN(Cc1ccoc1)C(=O)COc1ccccc1C#N. The molecule has 1 aromatic heterocycles. The van der Waals surface area contributed by atoms with E-state index in [9.17, 15) is 4.79 Å². The van der Waals surface area contributed by atoms with Crippen LogP contribution in [0.4, 0.5) is 0 Å². The van der Waals surface area contributed by atoms with Crippen molar-refractivity contribution in [2.75, 3.05) is 13.7 Å². The Kier molecular flexibility index (Phi) is 4.40. The van der Waals surface area contributed by atoms with Crippen molar-refractivity contribution in [1.29, 1.82) is 5.26 Å². The molecule has 0 N–H and O–H groups in total. The number of carbonyl (C=O) groups excluding carboxylic acids is 1. The maximum atomic E-state index is 11.9. The van der Waals surface area contributed by atoms with E-state index in [0.717, 1.165) is 5.56 Å². The van der Waals surface area contributed by atoms with Crippen molar-refractivity contribution in [2.24, 2.45) is 0 Å². The van der Waals surface area contributed by atoms with E-state index in [4.69, 9.17) is 14.4 Å². The average molecular weight is 270 g/mol. The van der Waals surface area contributed by atoms with E-state index in [-0.39, 0.29) is 12.5 Å². The number of ether oxygens (including phenoxy) is 1. The fourth-order valence-electron chi connectivity index (χ4n) is 1.68. The van der Waals surface area contributed by atoms with Crippen LogP contribution in [0.15, 0.2) is 47.3 Å². The van der Waals surface area contributed by atoms with Crippen molar-refractivity contribution >= 4 is 5.91 Å². The average Bonchev–Trinajstić information content (AvgIpc) is 2.97. The van der Waals surface area contributed by atoms with Crippen LogP contribution in [0.5, 0.6) is 5.75 Å². The predicted molar refractivity (Wildman–Crippen MR) is 71.8 cm³/mol. The Hall–Kier alpha value is -2.74. The first-order chi connectivity index (χ1) is 9.70. The van der Waals surface area contributed by atoms with Gasteiger partial charge in [0, 0.05) is 19.2 Å². The number of likely N-dealkylation sites (N-methyl/N-ethyl adjacent to an activating group) is 1. The van der Waals surface area contributed by atoms with E-state index in [1.54, 1.807) is 54.8 Å². The Morgan fingerprint density at radius 2 is 2.20 bits per heavy atom. The number of para-hydroxylation sites is 1. The minimum absolute atomic E-state index is 0.104. The molecule has 1 amide bonds. The van der Waals surface area contributed by atoms with Gasteiger partial charge in [0.2, 0.25) is 0 Å². The van der Waals surface area contributed by atoms with Gasteiger partial charge in [-0.25, -0.2) is 0 Å². The highest BCUT2D eigenvalue weighted by molar-refractivity contribution is 5.77. The molecule has 102 valence electrons. The number of carbonyl (C=O) groups is 1. The van der Waals surface area contributed by atoms with Crippen LogP contribution in [0.1, 0.15) is 11.1 Å². The van der Waals surface area contributed by atoms with E-state index >= 15 is 0 Å². The Morgan fingerprint density at radius 1 is 1.40 bits per heavy atom. The molecular formula is C15H14N2O3. The summed E-state index contributed by atoms with van der Waals surface area (Å²) in [7, 11) is 1.69. The van der Waals surface area contributed by atoms with Gasteiger partial charge in [0.25, 0.3) is 5.91 Å². The van der Waals surface area contributed by atoms with Gasteiger partial charge >= 0.3 is 0 Å². The molecule has 0 aliphatic heterocycles. The molecule has 0 fully saturated rings. The van der Waals surface area contributed by atoms with Crippen LogP contribution >= 0.6 is 0 Å². The molecule has 0 spiro atoms. The largest absolute Gasteiger partial charge is 0.482 e. The molecule has 5 heteroatoms.